The van der Waals surface area contributed by atoms with Crippen LogP contribution in [0.3, 0.4) is 0 Å². The average Bonchev–Trinajstić information content (AvgIpc) is 2.15. The Labute approximate surface area is 85.3 Å². The van der Waals surface area contributed by atoms with Gasteiger partial charge in [0.25, 0.3) is 0 Å². The Balaban J connectivity index is 3.39. The molecule has 1 aromatic rings. The van der Waals surface area contributed by atoms with E-state index in [2.05, 4.69) is 0 Å². The summed E-state index contributed by atoms with van der Waals surface area (Å²) in [5.41, 5.74) is 4.83. The van der Waals surface area contributed by atoms with Crippen LogP contribution in [0.5, 0.6) is 0 Å². The summed E-state index contributed by atoms with van der Waals surface area (Å²) in [5.74, 6) is -1.75. The largest absolute Gasteiger partial charge is 0.387 e. The highest BCUT2D eigenvalue weighted by Gasteiger charge is 2.21. The topological polar surface area (TPSA) is 46.2 Å². The molecular weight excluding hydrogens is 212 g/mol. The van der Waals surface area contributed by atoms with E-state index in [0.717, 1.165) is 0 Å². The molecule has 1 aromatic carbocycles. The zero-order valence-corrected chi connectivity index (χ0v) is 8.28. The molecule has 1 atom stereocenters. The quantitative estimate of drug-likeness (QED) is 0.750. The van der Waals surface area contributed by atoms with Gasteiger partial charge in [0.2, 0.25) is 0 Å². The lowest BCUT2D eigenvalue weighted by molar-refractivity contribution is 0.176. The molecule has 5 heteroatoms. The van der Waals surface area contributed by atoms with Crippen molar-refractivity contribution < 1.29 is 13.9 Å². The minimum absolute atomic E-state index is 0.180. The highest BCUT2D eigenvalue weighted by Crippen LogP contribution is 2.28. The maximum Gasteiger partial charge on any atom is 0.150 e. The van der Waals surface area contributed by atoms with Crippen molar-refractivity contribution in [2.45, 2.75) is 13.0 Å². The Morgan fingerprint density at radius 2 is 2.07 bits per heavy atom. The molecule has 0 saturated heterocycles. The molecule has 1 unspecified atom stereocenters. The number of rotatable bonds is 2. The Bertz CT molecular complexity index is 331. The van der Waals surface area contributed by atoms with E-state index in [-0.39, 0.29) is 17.1 Å². The smallest absolute Gasteiger partial charge is 0.150 e. The summed E-state index contributed by atoms with van der Waals surface area (Å²) >= 11 is 5.50. The van der Waals surface area contributed by atoms with E-state index in [1.54, 1.807) is 0 Å². The summed E-state index contributed by atoms with van der Waals surface area (Å²) < 4.78 is 26.7. The van der Waals surface area contributed by atoms with Gasteiger partial charge in [-0.2, -0.15) is 0 Å². The summed E-state index contributed by atoms with van der Waals surface area (Å²) in [6.45, 7) is 1.18. The van der Waals surface area contributed by atoms with Gasteiger partial charge in [-0.1, -0.05) is 11.6 Å². The second kappa shape index (κ2) is 4.21. The van der Waals surface area contributed by atoms with Crippen LogP contribution in [0.4, 0.5) is 8.78 Å². The molecule has 78 valence electrons. The van der Waals surface area contributed by atoms with E-state index >= 15 is 0 Å². The Kier molecular flexibility index (Phi) is 3.42. The lowest BCUT2D eigenvalue weighted by atomic mass is 10.0. The van der Waals surface area contributed by atoms with Crippen molar-refractivity contribution in [2.75, 3.05) is 6.54 Å². The first kappa shape index (κ1) is 11.4. The SMILES string of the molecule is Cc1cc(Cl)c(F)c(C(O)CN)c1F. The summed E-state index contributed by atoms with van der Waals surface area (Å²) in [5, 5.41) is 9.06. The maximum atomic E-state index is 13.4. The van der Waals surface area contributed by atoms with Gasteiger partial charge < -0.3 is 10.8 Å². The van der Waals surface area contributed by atoms with Crippen molar-refractivity contribution >= 4 is 11.6 Å². The molecule has 0 aliphatic heterocycles. The van der Waals surface area contributed by atoms with Gasteiger partial charge in [-0.3, -0.25) is 0 Å². The number of hydrogen-bond donors (Lipinski definition) is 2. The zero-order chi connectivity index (χ0) is 10.9. The molecule has 2 nitrogen and oxygen atoms in total. The van der Waals surface area contributed by atoms with E-state index in [0.29, 0.717) is 0 Å². The van der Waals surface area contributed by atoms with Crippen LogP contribution in [-0.4, -0.2) is 11.7 Å². The monoisotopic (exact) mass is 221 g/mol. The fourth-order valence-electron chi connectivity index (χ4n) is 1.16. The molecule has 0 amide bonds. The van der Waals surface area contributed by atoms with Gasteiger partial charge >= 0.3 is 0 Å². The molecule has 3 N–H and O–H groups in total. The minimum Gasteiger partial charge on any atom is -0.387 e. The van der Waals surface area contributed by atoms with Crippen molar-refractivity contribution in [3.8, 4) is 0 Å². The molecule has 0 saturated carbocycles. The first-order valence-electron chi connectivity index (χ1n) is 4.01. The van der Waals surface area contributed by atoms with Crippen molar-refractivity contribution in [3.63, 3.8) is 0 Å². The van der Waals surface area contributed by atoms with E-state index in [9.17, 15) is 13.9 Å². The number of aliphatic hydroxyl groups is 1. The van der Waals surface area contributed by atoms with Gasteiger partial charge in [-0.15, -0.1) is 0 Å². The van der Waals surface area contributed by atoms with Crippen molar-refractivity contribution in [3.05, 3.63) is 33.9 Å². The van der Waals surface area contributed by atoms with Crippen LogP contribution >= 0.6 is 11.6 Å². The number of benzene rings is 1. The Morgan fingerprint density at radius 3 is 2.57 bits per heavy atom. The van der Waals surface area contributed by atoms with E-state index < -0.39 is 23.3 Å². The average molecular weight is 222 g/mol. The third-order valence-corrected chi connectivity index (χ3v) is 2.20. The lowest BCUT2D eigenvalue weighted by Crippen LogP contribution is -2.15. The fraction of sp³-hybridized carbons (Fsp3) is 0.333. The maximum absolute atomic E-state index is 13.4. The predicted octanol–water partition coefficient (Wildman–Crippen LogP) is 1.92. The third-order valence-electron chi connectivity index (χ3n) is 1.93. The first-order valence-corrected chi connectivity index (χ1v) is 4.39. The molecular formula is C9H10ClF2NO. The number of nitrogens with two attached hydrogens (primary N) is 1. The molecule has 0 bridgehead atoms. The molecule has 0 fully saturated rings. The summed E-state index contributed by atoms with van der Waals surface area (Å²) in [6.07, 6.45) is -1.37. The van der Waals surface area contributed by atoms with Crippen molar-refractivity contribution in [1.29, 1.82) is 0 Å². The molecule has 0 heterocycles. The van der Waals surface area contributed by atoms with Crippen molar-refractivity contribution in [2.24, 2.45) is 5.73 Å². The van der Waals surface area contributed by atoms with Gasteiger partial charge in [0.05, 0.1) is 16.7 Å². The normalized spacial score (nSPS) is 13.0. The van der Waals surface area contributed by atoms with Crippen LogP contribution in [0, 0.1) is 18.6 Å². The van der Waals surface area contributed by atoms with Crippen molar-refractivity contribution in [1.82, 2.24) is 0 Å². The predicted molar refractivity (Wildman–Crippen MR) is 50.1 cm³/mol. The number of hydrogen-bond acceptors (Lipinski definition) is 2. The summed E-state index contributed by atoms with van der Waals surface area (Å²) in [6, 6.07) is 1.17. The van der Waals surface area contributed by atoms with Gasteiger partial charge in [0.15, 0.2) is 5.82 Å². The van der Waals surface area contributed by atoms with Gasteiger partial charge in [-0.25, -0.2) is 8.78 Å². The molecule has 0 aliphatic carbocycles. The second-order valence-electron chi connectivity index (χ2n) is 2.97. The van der Waals surface area contributed by atoms with Gasteiger partial charge in [-0.05, 0) is 18.6 Å². The number of aryl methyl sites for hydroxylation is 1. The lowest BCUT2D eigenvalue weighted by Gasteiger charge is -2.13. The Morgan fingerprint density at radius 1 is 1.50 bits per heavy atom. The molecule has 14 heavy (non-hydrogen) atoms. The first-order chi connectivity index (χ1) is 6.49. The fourth-order valence-corrected chi connectivity index (χ4v) is 1.43. The molecule has 1 rings (SSSR count). The van der Waals surface area contributed by atoms with Gasteiger partial charge in [0, 0.05) is 6.54 Å². The zero-order valence-electron chi connectivity index (χ0n) is 7.52. The molecule has 0 aliphatic rings. The minimum atomic E-state index is -1.37. The summed E-state index contributed by atoms with van der Waals surface area (Å²) in [7, 11) is 0. The van der Waals surface area contributed by atoms with E-state index in [1.807, 2.05) is 0 Å². The van der Waals surface area contributed by atoms with Crippen LogP contribution in [0.15, 0.2) is 6.07 Å². The van der Waals surface area contributed by atoms with Crippen LogP contribution in [0.25, 0.3) is 0 Å². The highest BCUT2D eigenvalue weighted by molar-refractivity contribution is 6.30. The number of aliphatic hydroxyl groups excluding tert-OH is 1. The van der Waals surface area contributed by atoms with Gasteiger partial charge in [0.1, 0.15) is 5.82 Å². The van der Waals surface area contributed by atoms with E-state index in [4.69, 9.17) is 17.3 Å². The van der Waals surface area contributed by atoms with Crippen LogP contribution in [-0.2, 0) is 0 Å². The third kappa shape index (κ3) is 1.87. The van der Waals surface area contributed by atoms with Crippen LogP contribution < -0.4 is 5.73 Å². The second-order valence-corrected chi connectivity index (χ2v) is 3.38. The van der Waals surface area contributed by atoms with Crippen LogP contribution in [0.2, 0.25) is 5.02 Å². The Hall–Kier alpha value is -0.710. The van der Waals surface area contributed by atoms with E-state index in [1.165, 1.54) is 13.0 Å². The molecule has 0 radical (unpaired) electrons. The summed E-state index contributed by atoms with van der Waals surface area (Å²) in [4.78, 5) is 0. The molecule has 0 spiro atoms. The standard InChI is InChI=1S/C9H10ClF2NO/c1-4-2-5(10)9(12)7(8(4)11)6(14)3-13/h2,6,14H,3,13H2,1H3. The molecule has 0 aromatic heterocycles. The number of halogens is 3. The van der Waals surface area contributed by atoms with Crippen LogP contribution in [0.1, 0.15) is 17.2 Å². The highest BCUT2D eigenvalue weighted by atomic mass is 35.5.